The molecule has 1 atom stereocenters. The van der Waals surface area contributed by atoms with E-state index in [2.05, 4.69) is 40.9 Å². The van der Waals surface area contributed by atoms with Gasteiger partial charge < -0.3 is 9.73 Å². The summed E-state index contributed by atoms with van der Waals surface area (Å²) in [6.07, 6.45) is 0. The molecule has 2 aromatic rings. The van der Waals surface area contributed by atoms with Gasteiger partial charge in [-0.2, -0.15) is 0 Å². The van der Waals surface area contributed by atoms with E-state index < -0.39 is 0 Å². The molecule has 1 heterocycles. The van der Waals surface area contributed by atoms with Crippen LogP contribution in [0.2, 0.25) is 5.02 Å². The first-order valence-electron chi connectivity index (χ1n) is 5.72. The SMILES string of the molecule is CNC(c1cc(C)c(C)o1)c1cc(Cl)ccc1I. The van der Waals surface area contributed by atoms with Crippen molar-refractivity contribution < 1.29 is 4.42 Å². The second kappa shape index (κ2) is 5.63. The van der Waals surface area contributed by atoms with Crippen LogP contribution in [0.3, 0.4) is 0 Å². The van der Waals surface area contributed by atoms with Crippen molar-refractivity contribution >= 4 is 34.2 Å². The number of rotatable bonds is 3. The van der Waals surface area contributed by atoms with E-state index in [0.717, 1.165) is 22.1 Å². The Kier molecular flexibility index (Phi) is 4.35. The smallest absolute Gasteiger partial charge is 0.125 e. The Morgan fingerprint density at radius 2 is 2.00 bits per heavy atom. The second-order valence-electron chi connectivity index (χ2n) is 4.28. The van der Waals surface area contributed by atoms with Crippen LogP contribution in [-0.4, -0.2) is 7.05 Å². The Labute approximate surface area is 126 Å². The number of furan rings is 1. The number of aryl methyl sites for hydroxylation is 2. The number of halogens is 2. The third-order valence-corrected chi connectivity index (χ3v) is 4.24. The van der Waals surface area contributed by atoms with Crippen LogP contribution >= 0.6 is 34.2 Å². The lowest BCUT2D eigenvalue weighted by atomic mass is 10.0. The zero-order valence-corrected chi connectivity index (χ0v) is 13.5. The van der Waals surface area contributed by atoms with Crippen molar-refractivity contribution in [3.63, 3.8) is 0 Å². The molecule has 1 aromatic carbocycles. The van der Waals surface area contributed by atoms with Gasteiger partial charge in [-0.05, 0) is 78.9 Å². The molecule has 2 nitrogen and oxygen atoms in total. The molecular formula is C14H15ClINO. The molecule has 0 aliphatic carbocycles. The molecule has 18 heavy (non-hydrogen) atoms. The van der Waals surface area contributed by atoms with Gasteiger partial charge in [-0.3, -0.25) is 0 Å². The van der Waals surface area contributed by atoms with Crippen molar-refractivity contribution in [2.24, 2.45) is 0 Å². The predicted octanol–water partition coefficient (Wildman–Crippen LogP) is 4.46. The molecule has 1 aromatic heterocycles. The number of benzene rings is 1. The summed E-state index contributed by atoms with van der Waals surface area (Å²) in [5.74, 6) is 1.88. The minimum absolute atomic E-state index is 0.0306. The zero-order valence-electron chi connectivity index (χ0n) is 10.6. The van der Waals surface area contributed by atoms with Gasteiger partial charge in [-0.1, -0.05) is 11.6 Å². The number of hydrogen-bond acceptors (Lipinski definition) is 2. The van der Waals surface area contributed by atoms with Crippen molar-refractivity contribution in [2.45, 2.75) is 19.9 Å². The molecule has 0 saturated heterocycles. The van der Waals surface area contributed by atoms with E-state index in [-0.39, 0.29) is 6.04 Å². The fourth-order valence-corrected chi connectivity index (χ4v) is 2.76. The van der Waals surface area contributed by atoms with Crippen molar-refractivity contribution in [3.05, 3.63) is 55.5 Å². The summed E-state index contributed by atoms with van der Waals surface area (Å²) in [6.45, 7) is 4.03. The first-order chi connectivity index (χ1) is 8.52. The van der Waals surface area contributed by atoms with E-state index in [4.69, 9.17) is 16.0 Å². The van der Waals surface area contributed by atoms with Gasteiger partial charge >= 0.3 is 0 Å². The lowest BCUT2D eigenvalue weighted by molar-refractivity contribution is 0.442. The molecule has 0 bridgehead atoms. The number of nitrogens with one attached hydrogen (secondary N) is 1. The monoisotopic (exact) mass is 375 g/mol. The highest BCUT2D eigenvalue weighted by atomic mass is 127. The average Bonchev–Trinajstić information content (AvgIpc) is 2.65. The zero-order chi connectivity index (χ0) is 13.3. The average molecular weight is 376 g/mol. The third-order valence-electron chi connectivity index (χ3n) is 3.03. The van der Waals surface area contributed by atoms with E-state index in [1.807, 2.05) is 32.2 Å². The minimum Gasteiger partial charge on any atom is -0.464 e. The van der Waals surface area contributed by atoms with Crippen LogP contribution in [0.5, 0.6) is 0 Å². The molecule has 2 rings (SSSR count). The molecule has 1 unspecified atom stereocenters. The predicted molar refractivity (Wildman–Crippen MR) is 83.3 cm³/mol. The summed E-state index contributed by atoms with van der Waals surface area (Å²) in [7, 11) is 1.93. The maximum absolute atomic E-state index is 6.08. The van der Waals surface area contributed by atoms with Crippen LogP contribution in [0.15, 0.2) is 28.7 Å². The normalized spacial score (nSPS) is 12.7. The lowest BCUT2D eigenvalue weighted by Gasteiger charge is -2.16. The molecular weight excluding hydrogens is 361 g/mol. The lowest BCUT2D eigenvalue weighted by Crippen LogP contribution is -2.18. The van der Waals surface area contributed by atoms with E-state index >= 15 is 0 Å². The van der Waals surface area contributed by atoms with Crippen LogP contribution in [0.25, 0.3) is 0 Å². The number of hydrogen-bond donors (Lipinski definition) is 1. The highest BCUT2D eigenvalue weighted by molar-refractivity contribution is 14.1. The van der Waals surface area contributed by atoms with Crippen molar-refractivity contribution in [3.8, 4) is 0 Å². The topological polar surface area (TPSA) is 25.2 Å². The van der Waals surface area contributed by atoms with Crippen LogP contribution in [0, 0.1) is 17.4 Å². The van der Waals surface area contributed by atoms with E-state index in [1.54, 1.807) is 0 Å². The molecule has 0 amide bonds. The molecule has 4 heteroatoms. The maximum atomic E-state index is 6.08. The Morgan fingerprint density at radius 1 is 1.28 bits per heavy atom. The van der Waals surface area contributed by atoms with Gasteiger partial charge in [0, 0.05) is 8.59 Å². The summed E-state index contributed by atoms with van der Waals surface area (Å²) in [6, 6.07) is 8.01. The second-order valence-corrected chi connectivity index (χ2v) is 5.87. The van der Waals surface area contributed by atoms with Gasteiger partial charge in [0.15, 0.2) is 0 Å². The molecule has 0 saturated carbocycles. The Bertz CT molecular complexity index is 545. The fraction of sp³-hybridized carbons (Fsp3) is 0.286. The van der Waals surface area contributed by atoms with Gasteiger partial charge in [0.05, 0.1) is 6.04 Å². The quantitative estimate of drug-likeness (QED) is 0.801. The van der Waals surface area contributed by atoms with Crippen LogP contribution < -0.4 is 5.32 Å². The first-order valence-corrected chi connectivity index (χ1v) is 7.17. The molecule has 0 radical (unpaired) electrons. The Balaban J connectivity index is 2.48. The van der Waals surface area contributed by atoms with Crippen LogP contribution in [0.1, 0.15) is 28.7 Å². The summed E-state index contributed by atoms with van der Waals surface area (Å²) in [5.41, 5.74) is 2.31. The summed E-state index contributed by atoms with van der Waals surface area (Å²) in [5, 5.41) is 4.03. The summed E-state index contributed by atoms with van der Waals surface area (Å²) in [4.78, 5) is 0. The molecule has 96 valence electrons. The Morgan fingerprint density at radius 3 is 2.56 bits per heavy atom. The van der Waals surface area contributed by atoms with Crippen molar-refractivity contribution in [2.75, 3.05) is 7.05 Å². The van der Waals surface area contributed by atoms with E-state index in [1.165, 1.54) is 9.13 Å². The minimum atomic E-state index is 0.0306. The third kappa shape index (κ3) is 2.73. The summed E-state index contributed by atoms with van der Waals surface area (Å²) < 4.78 is 6.98. The molecule has 0 fully saturated rings. The fourth-order valence-electron chi connectivity index (χ4n) is 1.93. The highest BCUT2D eigenvalue weighted by Crippen LogP contribution is 2.30. The van der Waals surface area contributed by atoms with Gasteiger partial charge in [0.2, 0.25) is 0 Å². The van der Waals surface area contributed by atoms with Crippen molar-refractivity contribution in [1.82, 2.24) is 5.32 Å². The van der Waals surface area contributed by atoms with Crippen molar-refractivity contribution in [1.29, 1.82) is 0 Å². The standard InChI is InChI=1S/C14H15ClINO/c1-8-6-13(18-9(8)2)14(17-3)11-7-10(15)4-5-12(11)16/h4-7,14,17H,1-3H3. The molecule has 0 aliphatic heterocycles. The largest absolute Gasteiger partial charge is 0.464 e. The van der Waals surface area contributed by atoms with Crippen LogP contribution in [-0.2, 0) is 0 Å². The highest BCUT2D eigenvalue weighted by Gasteiger charge is 2.19. The van der Waals surface area contributed by atoms with Gasteiger partial charge in [-0.25, -0.2) is 0 Å². The van der Waals surface area contributed by atoms with E-state index in [0.29, 0.717) is 0 Å². The first kappa shape index (κ1) is 13.9. The molecule has 0 spiro atoms. The molecule has 0 aliphatic rings. The van der Waals surface area contributed by atoms with E-state index in [9.17, 15) is 0 Å². The van der Waals surface area contributed by atoms with Gasteiger partial charge in [0.1, 0.15) is 11.5 Å². The van der Waals surface area contributed by atoms with Gasteiger partial charge in [0.25, 0.3) is 0 Å². The van der Waals surface area contributed by atoms with Crippen LogP contribution in [0.4, 0.5) is 0 Å². The summed E-state index contributed by atoms with van der Waals surface area (Å²) >= 11 is 8.40. The Hall–Kier alpha value is -0.520. The van der Waals surface area contributed by atoms with Gasteiger partial charge in [-0.15, -0.1) is 0 Å². The maximum Gasteiger partial charge on any atom is 0.125 e. The molecule has 1 N–H and O–H groups in total.